The van der Waals surface area contributed by atoms with Crippen LogP contribution in [0.3, 0.4) is 0 Å². The van der Waals surface area contributed by atoms with Crippen molar-refractivity contribution in [3.8, 4) is 11.8 Å². The summed E-state index contributed by atoms with van der Waals surface area (Å²) in [7, 11) is 0. The van der Waals surface area contributed by atoms with E-state index in [-0.39, 0.29) is 11.3 Å². The molecule has 2 N–H and O–H groups in total. The number of nitrogens with one attached hydrogen (secondary N) is 1. The third-order valence-corrected chi connectivity index (χ3v) is 3.38. The zero-order valence-corrected chi connectivity index (χ0v) is 12.5. The van der Waals surface area contributed by atoms with Gasteiger partial charge in [-0.3, -0.25) is 4.79 Å². The van der Waals surface area contributed by atoms with Gasteiger partial charge in [0, 0.05) is 4.47 Å². The van der Waals surface area contributed by atoms with Crippen LogP contribution in [0.1, 0.15) is 5.56 Å². The van der Waals surface area contributed by atoms with E-state index in [1.54, 1.807) is 30.3 Å². The van der Waals surface area contributed by atoms with Crippen molar-refractivity contribution in [1.82, 2.24) is 0 Å². The molecule has 0 aliphatic carbocycles. The Labute approximate surface area is 130 Å². The average Bonchev–Trinajstić information content (AvgIpc) is 2.49. The minimum atomic E-state index is -0.488. The number of amides is 1. The summed E-state index contributed by atoms with van der Waals surface area (Å²) in [6, 6.07) is 15.3. The van der Waals surface area contributed by atoms with Gasteiger partial charge < -0.3 is 10.4 Å². The molecule has 0 unspecified atom stereocenters. The first-order valence-corrected chi connectivity index (χ1v) is 6.86. The topological polar surface area (TPSA) is 73.1 Å². The quantitative estimate of drug-likeness (QED) is 0.659. The molecule has 2 aromatic carbocycles. The largest absolute Gasteiger partial charge is 0.508 e. The van der Waals surface area contributed by atoms with Crippen LogP contribution in [0.25, 0.3) is 6.08 Å². The number of aromatic hydroxyl groups is 1. The Balaban J connectivity index is 2.21. The molecule has 0 spiro atoms. The van der Waals surface area contributed by atoms with E-state index in [4.69, 9.17) is 5.26 Å². The lowest BCUT2D eigenvalue weighted by Crippen LogP contribution is -2.13. The smallest absolute Gasteiger partial charge is 0.266 e. The molecule has 2 aromatic rings. The molecule has 2 rings (SSSR count). The number of nitriles is 1. The third-order valence-electron chi connectivity index (χ3n) is 2.69. The molecule has 0 atom stereocenters. The van der Waals surface area contributed by atoms with Crippen LogP contribution in [0.4, 0.5) is 5.69 Å². The third kappa shape index (κ3) is 3.94. The van der Waals surface area contributed by atoms with E-state index < -0.39 is 5.91 Å². The van der Waals surface area contributed by atoms with E-state index in [9.17, 15) is 9.90 Å². The zero-order valence-electron chi connectivity index (χ0n) is 10.9. The minimum absolute atomic E-state index is 0.0172. The van der Waals surface area contributed by atoms with Gasteiger partial charge in [0.25, 0.3) is 5.91 Å². The average molecular weight is 343 g/mol. The molecule has 104 valence electrons. The first kappa shape index (κ1) is 14.8. The van der Waals surface area contributed by atoms with Crippen LogP contribution in [0.2, 0.25) is 0 Å². The van der Waals surface area contributed by atoms with Gasteiger partial charge in [-0.25, -0.2) is 0 Å². The van der Waals surface area contributed by atoms with Crippen LogP contribution < -0.4 is 5.32 Å². The number of carbonyl (C=O) groups is 1. The second-order valence-electron chi connectivity index (χ2n) is 4.20. The first-order chi connectivity index (χ1) is 10.1. The fourth-order valence-electron chi connectivity index (χ4n) is 1.64. The number of halogens is 1. The Morgan fingerprint density at radius 2 is 1.86 bits per heavy atom. The number of anilines is 1. The maximum atomic E-state index is 12.1. The molecule has 21 heavy (non-hydrogen) atoms. The second-order valence-corrected chi connectivity index (χ2v) is 5.05. The summed E-state index contributed by atoms with van der Waals surface area (Å²) in [4.78, 5) is 12.1. The Morgan fingerprint density at radius 3 is 2.48 bits per heavy atom. The number of carbonyl (C=O) groups excluding carboxylic acids is 1. The lowest BCUT2D eigenvalue weighted by molar-refractivity contribution is -0.112. The molecule has 0 fully saturated rings. The molecule has 0 aliphatic heterocycles. The van der Waals surface area contributed by atoms with Gasteiger partial charge in [0.15, 0.2) is 0 Å². The number of phenols is 1. The van der Waals surface area contributed by atoms with E-state index in [1.807, 2.05) is 12.1 Å². The summed E-state index contributed by atoms with van der Waals surface area (Å²) in [5.74, 6) is -0.360. The molecular formula is C16H11BrN2O2. The highest BCUT2D eigenvalue weighted by atomic mass is 79.9. The lowest BCUT2D eigenvalue weighted by Gasteiger charge is -2.06. The lowest BCUT2D eigenvalue weighted by atomic mass is 10.1. The predicted octanol–water partition coefficient (Wildman–Crippen LogP) is 3.70. The first-order valence-electron chi connectivity index (χ1n) is 6.07. The van der Waals surface area contributed by atoms with Gasteiger partial charge in [0.2, 0.25) is 0 Å². The molecular weight excluding hydrogens is 332 g/mol. The van der Waals surface area contributed by atoms with Gasteiger partial charge in [0.1, 0.15) is 17.4 Å². The normalized spacial score (nSPS) is 10.8. The number of para-hydroxylation sites is 1. The van der Waals surface area contributed by atoms with E-state index in [0.29, 0.717) is 11.3 Å². The van der Waals surface area contributed by atoms with Crippen LogP contribution >= 0.6 is 15.9 Å². The minimum Gasteiger partial charge on any atom is -0.508 e. The van der Waals surface area contributed by atoms with E-state index in [0.717, 1.165) is 4.47 Å². The number of hydrogen-bond donors (Lipinski definition) is 2. The highest BCUT2D eigenvalue weighted by Crippen LogP contribution is 2.22. The van der Waals surface area contributed by atoms with Crippen molar-refractivity contribution in [3.05, 3.63) is 64.1 Å². The SMILES string of the molecule is N#C/C(=C\c1ccc(O)cc1)C(=O)Nc1ccccc1Br. The van der Waals surface area contributed by atoms with Crippen molar-refractivity contribution in [2.45, 2.75) is 0 Å². The van der Waals surface area contributed by atoms with Crippen molar-refractivity contribution in [3.63, 3.8) is 0 Å². The highest BCUT2D eigenvalue weighted by Gasteiger charge is 2.10. The van der Waals surface area contributed by atoms with Crippen molar-refractivity contribution >= 4 is 33.6 Å². The van der Waals surface area contributed by atoms with Crippen LogP contribution in [0.5, 0.6) is 5.75 Å². The molecule has 0 radical (unpaired) electrons. The Morgan fingerprint density at radius 1 is 1.19 bits per heavy atom. The van der Waals surface area contributed by atoms with Crippen molar-refractivity contribution in [2.24, 2.45) is 0 Å². The van der Waals surface area contributed by atoms with Gasteiger partial charge in [0.05, 0.1) is 5.69 Å². The molecule has 0 aliphatic rings. The summed E-state index contributed by atoms with van der Waals surface area (Å²) in [5.41, 5.74) is 1.23. The molecule has 0 heterocycles. The van der Waals surface area contributed by atoms with Gasteiger partial charge in [-0.2, -0.15) is 5.26 Å². The maximum Gasteiger partial charge on any atom is 0.266 e. The summed E-state index contributed by atoms with van der Waals surface area (Å²) >= 11 is 3.33. The molecule has 0 saturated carbocycles. The molecule has 1 amide bonds. The van der Waals surface area contributed by atoms with E-state index in [2.05, 4.69) is 21.2 Å². The monoisotopic (exact) mass is 342 g/mol. The standard InChI is InChI=1S/C16H11BrN2O2/c17-14-3-1-2-4-15(14)19-16(21)12(10-18)9-11-5-7-13(20)8-6-11/h1-9,20H,(H,19,21)/b12-9+. The maximum absolute atomic E-state index is 12.1. The van der Waals surface area contributed by atoms with Gasteiger partial charge in [-0.1, -0.05) is 24.3 Å². The number of phenolic OH excluding ortho intramolecular Hbond substituents is 1. The second kappa shape index (κ2) is 6.73. The van der Waals surface area contributed by atoms with Crippen LogP contribution in [0, 0.1) is 11.3 Å². The fraction of sp³-hybridized carbons (Fsp3) is 0. The van der Waals surface area contributed by atoms with Crippen LogP contribution in [-0.2, 0) is 4.79 Å². The Hall–Kier alpha value is -2.58. The Bertz CT molecular complexity index is 731. The van der Waals surface area contributed by atoms with Gasteiger partial charge >= 0.3 is 0 Å². The molecule has 0 aromatic heterocycles. The summed E-state index contributed by atoms with van der Waals surface area (Å²) in [6.45, 7) is 0. The molecule has 0 saturated heterocycles. The number of hydrogen-bond acceptors (Lipinski definition) is 3. The summed E-state index contributed by atoms with van der Waals surface area (Å²) < 4.78 is 0.736. The number of rotatable bonds is 3. The molecule has 0 bridgehead atoms. The van der Waals surface area contributed by atoms with Crippen molar-refractivity contribution in [1.29, 1.82) is 5.26 Å². The van der Waals surface area contributed by atoms with E-state index >= 15 is 0 Å². The predicted molar refractivity (Wildman–Crippen MR) is 84.5 cm³/mol. The Kier molecular flexibility index (Phi) is 4.75. The van der Waals surface area contributed by atoms with Crippen molar-refractivity contribution in [2.75, 3.05) is 5.32 Å². The molecule has 5 heteroatoms. The number of benzene rings is 2. The number of nitrogens with zero attached hydrogens (tertiary/aromatic N) is 1. The summed E-state index contributed by atoms with van der Waals surface area (Å²) in [6.07, 6.45) is 1.46. The van der Waals surface area contributed by atoms with Crippen LogP contribution in [0.15, 0.2) is 58.6 Å². The highest BCUT2D eigenvalue weighted by molar-refractivity contribution is 9.10. The zero-order chi connectivity index (χ0) is 15.2. The van der Waals surface area contributed by atoms with E-state index in [1.165, 1.54) is 18.2 Å². The summed E-state index contributed by atoms with van der Waals surface area (Å²) in [5, 5.41) is 21.0. The fourth-order valence-corrected chi connectivity index (χ4v) is 2.02. The van der Waals surface area contributed by atoms with Gasteiger partial charge in [-0.05, 0) is 51.8 Å². The van der Waals surface area contributed by atoms with Gasteiger partial charge in [-0.15, -0.1) is 0 Å². The molecule has 4 nitrogen and oxygen atoms in total. The van der Waals surface area contributed by atoms with Crippen LogP contribution in [-0.4, -0.2) is 11.0 Å². The van der Waals surface area contributed by atoms with Crippen molar-refractivity contribution < 1.29 is 9.90 Å².